The van der Waals surface area contributed by atoms with Crippen LogP contribution < -0.4 is 10.0 Å². The number of carboxylic acid groups (broad SMARTS) is 1. The molecule has 0 atom stereocenters. The van der Waals surface area contributed by atoms with E-state index in [1.807, 2.05) is 0 Å². The van der Waals surface area contributed by atoms with Crippen LogP contribution in [0.25, 0.3) is 0 Å². The molecule has 146 valence electrons. The third-order valence-electron chi connectivity index (χ3n) is 3.09. The zero-order chi connectivity index (χ0) is 20.2. The molecule has 0 unspecified atom stereocenters. The molecule has 2 rings (SSSR count). The lowest BCUT2D eigenvalue weighted by Crippen LogP contribution is -2.64. The van der Waals surface area contributed by atoms with Gasteiger partial charge in [-0.2, -0.15) is 13.2 Å². The Morgan fingerprint density at radius 2 is 1.85 bits per heavy atom. The molecule has 0 saturated carbocycles. The minimum atomic E-state index is -5.08. The van der Waals surface area contributed by atoms with Crippen LogP contribution in [0.1, 0.15) is 0 Å². The number of β-amino-alcohol motifs (C(OH)–C–C–N with tert-alkyl or cyclic N) is 1. The molecular formula is C12H14F3N3O7S. The summed E-state index contributed by atoms with van der Waals surface area (Å²) in [7, 11) is -4.02. The number of nitro groups is 1. The van der Waals surface area contributed by atoms with E-state index in [1.54, 1.807) is 0 Å². The minimum absolute atomic E-state index is 0.186. The molecule has 1 heterocycles. The third kappa shape index (κ3) is 5.91. The van der Waals surface area contributed by atoms with Gasteiger partial charge >= 0.3 is 12.1 Å². The molecule has 1 aromatic rings. The fourth-order valence-electron chi connectivity index (χ4n) is 1.68. The molecule has 10 nitrogen and oxygen atoms in total. The Hall–Kier alpha value is -2.29. The lowest BCUT2D eigenvalue weighted by molar-refractivity contribution is -0.387. The van der Waals surface area contributed by atoms with Gasteiger partial charge in [0.25, 0.3) is 5.69 Å². The summed E-state index contributed by atoms with van der Waals surface area (Å²) in [6, 6.07) is 5.07. The average Bonchev–Trinajstić information content (AvgIpc) is 2.51. The number of halogens is 3. The topological polar surface area (TPSA) is 159 Å². The molecular weight excluding hydrogens is 387 g/mol. The van der Waals surface area contributed by atoms with Gasteiger partial charge in [0.1, 0.15) is 5.60 Å². The summed E-state index contributed by atoms with van der Waals surface area (Å²) >= 11 is 0. The van der Waals surface area contributed by atoms with Crippen LogP contribution in [0, 0.1) is 10.1 Å². The molecule has 26 heavy (non-hydrogen) atoms. The molecule has 0 aliphatic carbocycles. The second-order valence-corrected chi connectivity index (χ2v) is 6.92. The molecule has 1 aliphatic heterocycles. The third-order valence-corrected chi connectivity index (χ3v) is 4.54. The number of carbonyl (C=O) groups is 1. The van der Waals surface area contributed by atoms with Crippen molar-refractivity contribution < 1.29 is 41.5 Å². The van der Waals surface area contributed by atoms with E-state index < -0.39 is 43.3 Å². The number of rotatable bonds is 5. The van der Waals surface area contributed by atoms with Crippen molar-refractivity contribution in [2.24, 2.45) is 0 Å². The van der Waals surface area contributed by atoms with E-state index in [4.69, 9.17) is 9.90 Å². The number of aliphatic hydroxyl groups is 1. The molecule has 1 saturated heterocycles. The van der Waals surface area contributed by atoms with E-state index in [2.05, 4.69) is 10.0 Å². The van der Waals surface area contributed by atoms with Gasteiger partial charge in [-0.3, -0.25) is 10.1 Å². The van der Waals surface area contributed by atoms with Crippen molar-refractivity contribution >= 4 is 21.7 Å². The van der Waals surface area contributed by atoms with Crippen molar-refractivity contribution in [3.63, 3.8) is 0 Å². The fraction of sp³-hybridized carbons (Fsp3) is 0.417. The van der Waals surface area contributed by atoms with E-state index in [0.29, 0.717) is 0 Å². The van der Waals surface area contributed by atoms with E-state index in [1.165, 1.54) is 12.1 Å². The number of para-hydroxylation sites is 1. The maximum absolute atomic E-state index is 12.0. The normalized spacial score (nSPS) is 16.0. The van der Waals surface area contributed by atoms with Crippen LogP contribution in [0.15, 0.2) is 29.2 Å². The molecule has 14 heteroatoms. The molecule has 1 fully saturated rings. The molecule has 1 aromatic carbocycles. The van der Waals surface area contributed by atoms with E-state index in [0.717, 1.165) is 12.1 Å². The SMILES string of the molecule is O=C(O)C(F)(F)F.O=[N+]([O-])c1ccccc1S(=O)(=O)NCC1(O)CNC1. The first kappa shape index (κ1) is 21.8. The Morgan fingerprint density at radius 3 is 2.23 bits per heavy atom. The summed E-state index contributed by atoms with van der Waals surface area (Å²) in [5.41, 5.74) is -1.62. The number of alkyl halides is 3. The Labute approximate surface area is 144 Å². The average molecular weight is 401 g/mol. The minimum Gasteiger partial charge on any atom is -0.475 e. The van der Waals surface area contributed by atoms with E-state index in [-0.39, 0.29) is 19.6 Å². The predicted molar refractivity (Wildman–Crippen MR) is 79.8 cm³/mol. The standard InChI is InChI=1S/C10H13N3O5S.C2HF3O2/c14-10(5-11-6-10)7-12-19(17,18)9-4-2-1-3-8(9)13(15)16;3-2(4,5)1(6)7/h1-4,11-12,14H,5-7H2;(H,6,7). The van der Waals surface area contributed by atoms with Gasteiger partial charge in [-0.15, -0.1) is 0 Å². The van der Waals surface area contributed by atoms with Gasteiger partial charge < -0.3 is 15.5 Å². The number of nitro benzene ring substituents is 1. The maximum Gasteiger partial charge on any atom is 0.490 e. The van der Waals surface area contributed by atoms with Crippen molar-refractivity contribution in [2.45, 2.75) is 16.7 Å². The smallest absolute Gasteiger partial charge is 0.475 e. The highest BCUT2D eigenvalue weighted by Gasteiger charge is 2.38. The number of benzene rings is 1. The first-order chi connectivity index (χ1) is 11.8. The highest BCUT2D eigenvalue weighted by molar-refractivity contribution is 7.89. The van der Waals surface area contributed by atoms with Gasteiger partial charge in [-0.05, 0) is 6.07 Å². The highest BCUT2D eigenvalue weighted by atomic mass is 32.2. The van der Waals surface area contributed by atoms with Crippen LogP contribution in [0.3, 0.4) is 0 Å². The summed E-state index contributed by atoms with van der Waals surface area (Å²) in [5.74, 6) is -2.76. The van der Waals surface area contributed by atoms with Gasteiger partial charge in [0.2, 0.25) is 10.0 Å². The Kier molecular flexibility index (Phi) is 6.65. The Morgan fingerprint density at radius 1 is 1.35 bits per heavy atom. The molecule has 0 radical (unpaired) electrons. The van der Waals surface area contributed by atoms with Crippen LogP contribution in [0.2, 0.25) is 0 Å². The van der Waals surface area contributed by atoms with Crippen molar-refractivity contribution in [1.82, 2.24) is 10.0 Å². The van der Waals surface area contributed by atoms with Crippen LogP contribution >= 0.6 is 0 Å². The molecule has 1 aliphatic rings. The maximum atomic E-state index is 12.0. The molecule has 4 N–H and O–H groups in total. The number of hydrogen-bond acceptors (Lipinski definition) is 7. The van der Waals surface area contributed by atoms with Gasteiger partial charge in [0.05, 0.1) is 4.92 Å². The monoisotopic (exact) mass is 401 g/mol. The predicted octanol–water partition coefficient (Wildman–Crippen LogP) is -0.159. The summed E-state index contributed by atoms with van der Waals surface area (Å²) in [5, 5.41) is 30.5. The van der Waals surface area contributed by atoms with Gasteiger partial charge in [-0.25, -0.2) is 17.9 Å². The first-order valence-electron chi connectivity index (χ1n) is 6.75. The highest BCUT2D eigenvalue weighted by Crippen LogP contribution is 2.23. The lowest BCUT2D eigenvalue weighted by atomic mass is 9.98. The number of carboxylic acids is 1. The van der Waals surface area contributed by atoms with E-state index in [9.17, 15) is 36.8 Å². The zero-order valence-electron chi connectivity index (χ0n) is 12.9. The summed E-state index contributed by atoms with van der Waals surface area (Å²) in [6.07, 6.45) is -5.08. The fourth-order valence-corrected chi connectivity index (χ4v) is 2.97. The van der Waals surface area contributed by atoms with Crippen LogP contribution in [0.4, 0.5) is 18.9 Å². The second-order valence-electron chi connectivity index (χ2n) is 5.18. The Bertz CT molecular complexity index is 779. The van der Waals surface area contributed by atoms with E-state index >= 15 is 0 Å². The second kappa shape index (κ2) is 7.94. The Balaban J connectivity index is 0.000000412. The number of aliphatic carboxylic acids is 1. The van der Waals surface area contributed by atoms with Crippen molar-refractivity contribution in [3.8, 4) is 0 Å². The summed E-state index contributed by atoms with van der Waals surface area (Å²) in [4.78, 5) is 18.5. The molecule has 0 aromatic heterocycles. The largest absolute Gasteiger partial charge is 0.490 e. The summed E-state index contributed by atoms with van der Waals surface area (Å²) < 4.78 is 57.9. The van der Waals surface area contributed by atoms with Gasteiger partial charge in [0.15, 0.2) is 4.90 Å². The number of hydrogen-bond donors (Lipinski definition) is 4. The lowest BCUT2D eigenvalue weighted by Gasteiger charge is -2.37. The summed E-state index contributed by atoms with van der Waals surface area (Å²) in [6.45, 7) is 0.382. The number of nitrogens with zero attached hydrogens (tertiary/aromatic N) is 1. The van der Waals surface area contributed by atoms with Crippen LogP contribution in [0.5, 0.6) is 0 Å². The zero-order valence-corrected chi connectivity index (χ0v) is 13.7. The molecule has 0 bridgehead atoms. The number of nitrogens with one attached hydrogen (secondary N) is 2. The van der Waals surface area contributed by atoms with Crippen LogP contribution in [-0.2, 0) is 14.8 Å². The molecule has 0 spiro atoms. The quantitative estimate of drug-likeness (QED) is 0.391. The van der Waals surface area contributed by atoms with Gasteiger partial charge in [0, 0.05) is 25.7 Å². The van der Waals surface area contributed by atoms with Crippen molar-refractivity contribution in [2.75, 3.05) is 19.6 Å². The van der Waals surface area contributed by atoms with Gasteiger partial charge in [-0.1, -0.05) is 12.1 Å². The van der Waals surface area contributed by atoms with Crippen molar-refractivity contribution in [1.29, 1.82) is 0 Å². The molecule has 0 amide bonds. The number of sulfonamides is 1. The van der Waals surface area contributed by atoms with Crippen molar-refractivity contribution in [3.05, 3.63) is 34.4 Å². The van der Waals surface area contributed by atoms with Crippen LogP contribution in [-0.4, -0.2) is 60.9 Å². The first-order valence-corrected chi connectivity index (χ1v) is 8.23.